The Morgan fingerprint density at radius 1 is 0.950 bits per heavy atom. The van der Waals surface area contributed by atoms with Crippen LogP contribution in [0.15, 0.2) is 47.2 Å². The summed E-state index contributed by atoms with van der Waals surface area (Å²) in [6.45, 7) is 9.37. The van der Waals surface area contributed by atoms with Gasteiger partial charge in [0.15, 0.2) is 5.78 Å². The lowest BCUT2D eigenvalue weighted by atomic mass is 9.83. The fourth-order valence-electron chi connectivity index (χ4n) is 5.46. The van der Waals surface area contributed by atoms with Gasteiger partial charge in [-0.3, -0.25) is 14.4 Å². The molecule has 0 fully saturated rings. The highest BCUT2D eigenvalue weighted by molar-refractivity contribution is 6.21. The number of ether oxygens (including phenoxy) is 4. The third-order valence-corrected chi connectivity index (χ3v) is 7.56. The van der Waals surface area contributed by atoms with E-state index in [0.717, 1.165) is 11.6 Å². The van der Waals surface area contributed by atoms with E-state index in [-0.39, 0.29) is 29.0 Å². The fraction of sp³-hybridized carbons (Fsp3) is 0.600. The zero-order valence-electron chi connectivity index (χ0n) is 24.8. The van der Waals surface area contributed by atoms with Gasteiger partial charge in [-0.2, -0.15) is 0 Å². The van der Waals surface area contributed by atoms with Gasteiger partial charge in [0.2, 0.25) is 11.7 Å². The summed E-state index contributed by atoms with van der Waals surface area (Å²) >= 11 is 0. The first-order valence-corrected chi connectivity index (χ1v) is 13.6. The minimum Gasteiger partial charge on any atom is -0.441 e. The molecular weight excluding hydrogens is 516 g/mol. The van der Waals surface area contributed by atoms with Gasteiger partial charge < -0.3 is 30.0 Å². The smallest absolute Gasteiger partial charge is 0.405 e. The van der Waals surface area contributed by atoms with E-state index in [1.54, 1.807) is 21.1 Å². The topological polar surface area (TPSA) is 143 Å². The van der Waals surface area contributed by atoms with Crippen molar-refractivity contribution in [3.8, 4) is 0 Å². The second kappa shape index (κ2) is 15.1. The molecule has 10 heteroatoms. The second-order valence-electron chi connectivity index (χ2n) is 10.8. The molecule has 0 saturated carbocycles. The molecule has 8 atom stereocenters. The summed E-state index contributed by atoms with van der Waals surface area (Å²) in [5, 5.41) is 2.63. The molecule has 0 radical (unpaired) electrons. The maximum Gasteiger partial charge on any atom is 0.405 e. The Labute approximate surface area is 237 Å². The van der Waals surface area contributed by atoms with Crippen LogP contribution in [0.2, 0.25) is 0 Å². The molecule has 1 unspecified atom stereocenters. The Bertz CT molecular complexity index is 1080. The largest absolute Gasteiger partial charge is 0.441 e. The van der Waals surface area contributed by atoms with E-state index in [9.17, 15) is 19.2 Å². The van der Waals surface area contributed by atoms with Crippen molar-refractivity contribution in [3.05, 3.63) is 47.2 Å². The van der Waals surface area contributed by atoms with Crippen molar-refractivity contribution in [2.75, 3.05) is 21.3 Å². The first-order chi connectivity index (χ1) is 18.8. The van der Waals surface area contributed by atoms with Crippen LogP contribution in [-0.4, -0.2) is 69.3 Å². The Morgan fingerprint density at radius 2 is 1.62 bits per heavy atom. The average molecular weight is 561 g/mol. The lowest BCUT2D eigenvalue weighted by molar-refractivity contribution is -0.125. The van der Waals surface area contributed by atoms with Crippen molar-refractivity contribution >= 4 is 23.6 Å². The molecule has 2 bridgehead atoms. The minimum atomic E-state index is -0.887. The third kappa shape index (κ3) is 8.46. The van der Waals surface area contributed by atoms with Crippen LogP contribution in [0.1, 0.15) is 47.5 Å². The van der Waals surface area contributed by atoms with Crippen molar-refractivity contribution < 1.29 is 38.1 Å². The number of ketones is 2. The summed E-state index contributed by atoms with van der Waals surface area (Å²) in [5.74, 6) is -2.44. The molecule has 40 heavy (non-hydrogen) atoms. The maximum absolute atomic E-state index is 13.4. The zero-order chi connectivity index (χ0) is 30.1. The molecule has 10 nitrogen and oxygen atoms in total. The van der Waals surface area contributed by atoms with E-state index in [2.05, 4.69) is 5.32 Å². The predicted octanol–water partition coefficient (Wildman–Crippen LogP) is 3.41. The average Bonchev–Trinajstić information content (AvgIpc) is 2.88. The summed E-state index contributed by atoms with van der Waals surface area (Å²) in [5.41, 5.74) is 6.28. The molecule has 1 aliphatic heterocycles. The van der Waals surface area contributed by atoms with Gasteiger partial charge in [-0.15, -0.1) is 0 Å². The number of hydrogen-bond donors (Lipinski definition) is 2. The van der Waals surface area contributed by atoms with Gasteiger partial charge in [-0.1, -0.05) is 45.9 Å². The highest BCUT2D eigenvalue weighted by Crippen LogP contribution is 2.30. The number of carbonyl (C=O) groups excluding carboxylic acids is 4. The molecule has 2 amide bonds. The Kier molecular flexibility index (Phi) is 12.5. The Balaban J connectivity index is 2.57. The van der Waals surface area contributed by atoms with Crippen LogP contribution in [0.4, 0.5) is 4.79 Å². The van der Waals surface area contributed by atoms with E-state index < -0.39 is 53.9 Å². The minimum absolute atomic E-state index is 0.0784. The van der Waals surface area contributed by atoms with E-state index >= 15 is 0 Å². The third-order valence-electron chi connectivity index (χ3n) is 7.56. The van der Waals surface area contributed by atoms with E-state index in [0.29, 0.717) is 12.8 Å². The number of carbonyl (C=O) groups is 4. The number of allylic oxidation sites excluding steroid dienone is 4. The molecular formula is C30H44N2O8. The van der Waals surface area contributed by atoms with Crippen LogP contribution in [0.5, 0.6) is 0 Å². The standard InChI is InChI=1S/C30H44N2O8/c1-16-10-9-11-17(2)29(35)32-23-15-21(33)14-22(25(23)34)27(38-7)20(5)13-24(37-6)28(39-8)19(4)12-18(3)26(16)40-30(31)36/h9-10,12,14-17,19-20,24,26-28H,11,13H2,1-8H3,(H2,31,36)(H,32,35)/b10-9+,18-12+/t16-,17?,19-,20-,24-,26+,27+,28+/m0/s1. The number of methoxy groups -OCH3 is 3. The molecule has 0 aromatic carbocycles. The molecule has 1 heterocycles. The van der Waals surface area contributed by atoms with Gasteiger partial charge in [-0.25, -0.2) is 4.79 Å². The highest BCUT2D eigenvalue weighted by atomic mass is 16.6. The number of nitrogens with one attached hydrogen (secondary N) is 1. The van der Waals surface area contributed by atoms with Gasteiger partial charge >= 0.3 is 6.09 Å². The van der Waals surface area contributed by atoms with Crippen molar-refractivity contribution in [1.29, 1.82) is 0 Å². The summed E-state index contributed by atoms with van der Waals surface area (Å²) in [6, 6.07) is 0. The van der Waals surface area contributed by atoms with Crippen LogP contribution in [0.3, 0.4) is 0 Å². The summed E-state index contributed by atoms with van der Waals surface area (Å²) in [7, 11) is 4.66. The summed E-state index contributed by atoms with van der Waals surface area (Å²) < 4.78 is 22.9. The normalized spacial score (nSPS) is 35.1. The number of primary amides is 1. The molecule has 3 N–H and O–H groups in total. The van der Waals surface area contributed by atoms with Crippen LogP contribution >= 0.6 is 0 Å². The summed E-state index contributed by atoms with van der Waals surface area (Å²) in [4.78, 5) is 50.6. The number of amides is 2. The van der Waals surface area contributed by atoms with Gasteiger partial charge in [0, 0.05) is 50.7 Å². The van der Waals surface area contributed by atoms with Crippen LogP contribution in [0, 0.1) is 23.7 Å². The number of rotatable bonds is 4. The van der Waals surface area contributed by atoms with Gasteiger partial charge in [0.05, 0.1) is 24.0 Å². The second-order valence-corrected chi connectivity index (χ2v) is 10.8. The first kappa shape index (κ1) is 33.1. The molecule has 222 valence electrons. The Morgan fingerprint density at radius 3 is 2.20 bits per heavy atom. The lowest BCUT2D eigenvalue weighted by Gasteiger charge is -2.34. The van der Waals surface area contributed by atoms with Crippen LogP contribution in [0.25, 0.3) is 0 Å². The van der Waals surface area contributed by atoms with Gasteiger partial charge in [0.1, 0.15) is 6.10 Å². The predicted molar refractivity (Wildman–Crippen MR) is 150 cm³/mol. The van der Waals surface area contributed by atoms with Crippen molar-refractivity contribution in [2.24, 2.45) is 29.4 Å². The molecule has 0 saturated heterocycles. The van der Waals surface area contributed by atoms with Crippen molar-refractivity contribution in [3.63, 3.8) is 0 Å². The number of Topliss-reactive ketones (excluding diaryl/α,β-unsaturated/α-hetero) is 1. The summed E-state index contributed by atoms with van der Waals surface area (Å²) in [6.07, 6.45) is 5.82. The molecule has 2 aliphatic rings. The Hall–Kier alpha value is -3.08. The van der Waals surface area contributed by atoms with Crippen LogP contribution in [-0.2, 0) is 33.3 Å². The molecule has 0 aromatic rings. The SMILES string of the molecule is CO[C@H]1[C@@H](OC)C[C@H](C)[C@@H](OC)C2=CC(=O)C=C(NC(=O)C(C)C/C=C/[C@H](C)[C@@H](OC(N)=O)/C(C)=C/[C@@H]1C)C2=O. The number of nitrogens with two attached hydrogens (primary N) is 1. The monoisotopic (exact) mass is 560 g/mol. The molecule has 2 rings (SSSR count). The highest BCUT2D eigenvalue weighted by Gasteiger charge is 2.36. The zero-order valence-corrected chi connectivity index (χ0v) is 24.8. The quantitative estimate of drug-likeness (QED) is 0.393. The first-order valence-electron chi connectivity index (χ1n) is 13.6. The fourth-order valence-corrected chi connectivity index (χ4v) is 5.46. The van der Waals surface area contributed by atoms with Gasteiger partial charge in [-0.05, 0) is 37.3 Å². The van der Waals surface area contributed by atoms with E-state index in [1.165, 1.54) is 13.2 Å². The molecule has 0 aromatic heterocycles. The lowest BCUT2D eigenvalue weighted by Crippen LogP contribution is -2.41. The van der Waals surface area contributed by atoms with Gasteiger partial charge in [0.25, 0.3) is 0 Å². The number of fused-ring (bicyclic) bond motifs is 2. The van der Waals surface area contributed by atoms with Crippen molar-refractivity contribution in [1.82, 2.24) is 5.32 Å². The molecule has 1 aliphatic carbocycles. The maximum atomic E-state index is 13.4. The van der Waals surface area contributed by atoms with Crippen LogP contribution < -0.4 is 11.1 Å². The molecule has 0 spiro atoms. The van der Waals surface area contributed by atoms with Crippen molar-refractivity contribution in [2.45, 2.75) is 71.9 Å². The number of hydrogen-bond acceptors (Lipinski definition) is 8. The van der Waals surface area contributed by atoms with E-state index in [1.807, 2.05) is 45.9 Å². The van der Waals surface area contributed by atoms with E-state index in [4.69, 9.17) is 24.7 Å².